The number of carbonyl (C=O) groups excluding carboxylic acids is 1. The van der Waals surface area contributed by atoms with Crippen molar-refractivity contribution in [1.29, 1.82) is 5.26 Å². The molecule has 18 heavy (non-hydrogen) atoms. The van der Waals surface area contributed by atoms with Crippen LogP contribution in [0.1, 0.15) is 19.4 Å². The lowest BCUT2D eigenvalue weighted by molar-refractivity contribution is -0.124. The molecule has 3 nitrogen and oxygen atoms in total. The molecule has 0 fully saturated rings. The maximum atomic E-state index is 12.7. The van der Waals surface area contributed by atoms with E-state index in [9.17, 15) is 9.18 Å². The molecule has 0 aliphatic rings. The van der Waals surface area contributed by atoms with Gasteiger partial charge in [-0.05, 0) is 30.0 Å². The van der Waals surface area contributed by atoms with Crippen LogP contribution in [0.5, 0.6) is 0 Å². The molecule has 0 heterocycles. The minimum absolute atomic E-state index is 0.000760. The molecule has 0 radical (unpaired) electrons. The number of rotatable bonds is 5. The van der Waals surface area contributed by atoms with E-state index in [1.807, 2.05) is 19.9 Å². The highest BCUT2D eigenvalue weighted by Crippen LogP contribution is 2.09. The van der Waals surface area contributed by atoms with Crippen LogP contribution in [0.15, 0.2) is 24.3 Å². The summed E-state index contributed by atoms with van der Waals surface area (Å²) in [5.41, 5.74) is 0.953. The Morgan fingerprint density at radius 1 is 1.39 bits per heavy atom. The lowest BCUT2D eigenvalue weighted by atomic mass is 9.96. The third-order valence-corrected chi connectivity index (χ3v) is 2.71. The number of nitrogens with zero attached hydrogens (tertiary/aromatic N) is 1. The second-order valence-electron chi connectivity index (χ2n) is 4.52. The SMILES string of the molecule is CC(C)C(C#N)C(=O)NCCc1ccc(F)cc1. The van der Waals surface area contributed by atoms with Crippen molar-refractivity contribution in [1.82, 2.24) is 5.32 Å². The lowest BCUT2D eigenvalue weighted by Gasteiger charge is -2.12. The van der Waals surface area contributed by atoms with Gasteiger partial charge in [0.25, 0.3) is 0 Å². The number of benzene rings is 1. The summed E-state index contributed by atoms with van der Waals surface area (Å²) in [7, 11) is 0. The summed E-state index contributed by atoms with van der Waals surface area (Å²) >= 11 is 0. The first kappa shape index (κ1) is 14.2. The summed E-state index contributed by atoms with van der Waals surface area (Å²) < 4.78 is 12.7. The first-order valence-corrected chi connectivity index (χ1v) is 5.96. The Balaban J connectivity index is 2.40. The predicted octanol–water partition coefficient (Wildman–Crippen LogP) is 2.28. The fourth-order valence-electron chi connectivity index (χ4n) is 1.60. The molecule has 4 heteroatoms. The zero-order chi connectivity index (χ0) is 13.5. The molecule has 0 aliphatic carbocycles. The minimum atomic E-state index is -0.613. The maximum Gasteiger partial charge on any atom is 0.237 e. The van der Waals surface area contributed by atoms with Gasteiger partial charge in [-0.3, -0.25) is 4.79 Å². The van der Waals surface area contributed by atoms with Crippen LogP contribution in [0.3, 0.4) is 0 Å². The van der Waals surface area contributed by atoms with Gasteiger partial charge in [-0.15, -0.1) is 0 Å². The first-order valence-electron chi connectivity index (χ1n) is 5.96. The Hall–Kier alpha value is -1.89. The molecule has 0 spiro atoms. The van der Waals surface area contributed by atoms with Crippen LogP contribution >= 0.6 is 0 Å². The van der Waals surface area contributed by atoms with Gasteiger partial charge in [0.05, 0.1) is 6.07 Å². The molecular formula is C14H17FN2O. The molecule has 0 saturated heterocycles. The fourth-order valence-corrected chi connectivity index (χ4v) is 1.60. The summed E-state index contributed by atoms with van der Waals surface area (Å²) in [5.74, 6) is -1.12. The molecule has 1 aromatic carbocycles. The van der Waals surface area contributed by atoms with Crippen molar-refractivity contribution in [2.75, 3.05) is 6.54 Å². The van der Waals surface area contributed by atoms with Gasteiger partial charge < -0.3 is 5.32 Å². The molecular weight excluding hydrogens is 231 g/mol. The molecule has 0 aliphatic heterocycles. The average Bonchev–Trinajstić information content (AvgIpc) is 2.32. The molecule has 1 aromatic rings. The summed E-state index contributed by atoms with van der Waals surface area (Å²) in [4.78, 5) is 11.7. The zero-order valence-electron chi connectivity index (χ0n) is 10.6. The van der Waals surface area contributed by atoms with E-state index in [1.54, 1.807) is 12.1 Å². The van der Waals surface area contributed by atoms with Crippen molar-refractivity contribution in [2.24, 2.45) is 11.8 Å². The van der Waals surface area contributed by atoms with Gasteiger partial charge in [-0.2, -0.15) is 5.26 Å². The van der Waals surface area contributed by atoms with E-state index in [0.29, 0.717) is 13.0 Å². The van der Waals surface area contributed by atoms with Crippen LogP contribution < -0.4 is 5.32 Å². The molecule has 1 rings (SSSR count). The summed E-state index contributed by atoms with van der Waals surface area (Å²) in [6.45, 7) is 4.14. The number of halogens is 1. The van der Waals surface area contributed by atoms with E-state index in [-0.39, 0.29) is 17.6 Å². The third-order valence-electron chi connectivity index (χ3n) is 2.71. The molecule has 1 unspecified atom stereocenters. The largest absolute Gasteiger partial charge is 0.355 e. The van der Waals surface area contributed by atoms with Gasteiger partial charge in [0.2, 0.25) is 5.91 Å². The van der Waals surface area contributed by atoms with Gasteiger partial charge in [-0.25, -0.2) is 4.39 Å². The number of carbonyl (C=O) groups is 1. The Morgan fingerprint density at radius 3 is 2.50 bits per heavy atom. The lowest BCUT2D eigenvalue weighted by Crippen LogP contribution is -2.34. The van der Waals surface area contributed by atoms with E-state index >= 15 is 0 Å². The topological polar surface area (TPSA) is 52.9 Å². The second-order valence-corrected chi connectivity index (χ2v) is 4.52. The molecule has 0 bridgehead atoms. The molecule has 1 amide bonds. The van der Waals surface area contributed by atoms with Gasteiger partial charge >= 0.3 is 0 Å². The van der Waals surface area contributed by atoms with Gasteiger partial charge in [0, 0.05) is 6.54 Å². The Kier molecular flexibility index (Phi) is 5.31. The van der Waals surface area contributed by atoms with E-state index in [0.717, 1.165) is 5.56 Å². The van der Waals surface area contributed by atoms with Crippen molar-refractivity contribution < 1.29 is 9.18 Å². The molecule has 1 N–H and O–H groups in total. The molecule has 1 atom stereocenters. The molecule has 0 aromatic heterocycles. The van der Waals surface area contributed by atoms with Gasteiger partial charge in [-0.1, -0.05) is 26.0 Å². The highest BCUT2D eigenvalue weighted by molar-refractivity contribution is 5.81. The van der Waals surface area contributed by atoms with Crippen molar-refractivity contribution in [3.63, 3.8) is 0 Å². The smallest absolute Gasteiger partial charge is 0.237 e. The number of hydrogen-bond acceptors (Lipinski definition) is 2. The highest BCUT2D eigenvalue weighted by atomic mass is 19.1. The van der Waals surface area contributed by atoms with Crippen LogP contribution in [0, 0.1) is 29.0 Å². The van der Waals surface area contributed by atoms with Gasteiger partial charge in [0.15, 0.2) is 0 Å². The Morgan fingerprint density at radius 2 is 2.00 bits per heavy atom. The fraction of sp³-hybridized carbons (Fsp3) is 0.429. The second kappa shape index (κ2) is 6.75. The zero-order valence-corrected chi connectivity index (χ0v) is 10.6. The van der Waals surface area contributed by atoms with Crippen LogP contribution in [0.2, 0.25) is 0 Å². The molecule has 96 valence electrons. The van der Waals surface area contributed by atoms with E-state index < -0.39 is 5.92 Å². The minimum Gasteiger partial charge on any atom is -0.355 e. The Bertz CT molecular complexity index is 434. The maximum absolute atomic E-state index is 12.7. The number of amides is 1. The van der Waals surface area contributed by atoms with Crippen molar-refractivity contribution >= 4 is 5.91 Å². The van der Waals surface area contributed by atoms with E-state index in [1.165, 1.54) is 12.1 Å². The summed E-state index contributed by atoms with van der Waals surface area (Å²) in [5, 5.41) is 11.6. The van der Waals surface area contributed by atoms with E-state index in [4.69, 9.17) is 5.26 Å². The third kappa shape index (κ3) is 4.17. The highest BCUT2D eigenvalue weighted by Gasteiger charge is 2.20. The quantitative estimate of drug-likeness (QED) is 0.869. The van der Waals surface area contributed by atoms with Crippen LogP contribution in [-0.2, 0) is 11.2 Å². The normalized spacial score (nSPS) is 11.9. The molecule has 0 saturated carbocycles. The Labute approximate surface area is 107 Å². The van der Waals surface area contributed by atoms with Crippen LogP contribution in [0.4, 0.5) is 4.39 Å². The van der Waals surface area contributed by atoms with Crippen molar-refractivity contribution in [3.05, 3.63) is 35.6 Å². The number of nitrogens with one attached hydrogen (secondary N) is 1. The summed E-state index contributed by atoms with van der Waals surface area (Å²) in [6.07, 6.45) is 0.627. The first-order chi connectivity index (χ1) is 8.54. The van der Waals surface area contributed by atoms with E-state index in [2.05, 4.69) is 5.32 Å². The standard InChI is InChI=1S/C14H17FN2O/c1-10(2)13(9-16)14(18)17-8-7-11-3-5-12(15)6-4-11/h3-6,10,13H,7-8H2,1-2H3,(H,17,18). The average molecular weight is 248 g/mol. The number of nitriles is 1. The predicted molar refractivity (Wildman–Crippen MR) is 67.1 cm³/mol. The number of hydrogen-bond donors (Lipinski definition) is 1. The monoisotopic (exact) mass is 248 g/mol. The van der Waals surface area contributed by atoms with Crippen LogP contribution in [0.25, 0.3) is 0 Å². The van der Waals surface area contributed by atoms with Crippen molar-refractivity contribution in [2.45, 2.75) is 20.3 Å². The van der Waals surface area contributed by atoms with Gasteiger partial charge in [0.1, 0.15) is 11.7 Å². The van der Waals surface area contributed by atoms with Crippen LogP contribution in [-0.4, -0.2) is 12.5 Å². The summed E-state index contributed by atoms with van der Waals surface area (Å²) in [6, 6.07) is 8.15. The van der Waals surface area contributed by atoms with Crippen molar-refractivity contribution in [3.8, 4) is 6.07 Å².